The lowest BCUT2D eigenvalue weighted by Crippen LogP contribution is -2.28. The predicted molar refractivity (Wildman–Crippen MR) is 94.5 cm³/mol. The maximum absolute atomic E-state index is 12.0. The van der Waals surface area contributed by atoms with Crippen molar-refractivity contribution in [2.75, 3.05) is 5.32 Å². The normalized spacial score (nSPS) is 10.9. The second kappa shape index (κ2) is 7.77. The molecule has 136 valence electrons. The van der Waals surface area contributed by atoms with Crippen molar-refractivity contribution in [1.82, 2.24) is 30.2 Å². The number of aryl methyl sites for hydroxylation is 1. The Labute approximate surface area is 150 Å². The zero-order valence-electron chi connectivity index (χ0n) is 14.9. The summed E-state index contributed by atoms with van der Waals surface area (Å²) in [5, 5.41) is 13.4. The molecule has 0 unspecified atom stereocenters. The largest absolute Gasteiger partial charge is 0.337 e. The lowest BCUT2D eigenvalue weighted by Gasteiger charge is -2.05. The van der Waals surface area contributed by atoms with Gasteiger partial charge >= 0.3 is 6.03 Å². The fraction of sp³-hybridized carbons (Fsp3) is 0.353. The van der Waals surface area contributed by atoms with Gasteiger partial charge in [-0.25, -0.2) is 9.48 Å². The van der Waals surface area contributed by atoms with Crippen molar-refractivity contribution in [1.29, 1.82) is 0 Å². The monoisotopic (exact) mass is 355 g/mol. The van der Waals surface area contributed by atoms with E-state index in [-0.39, 0.29) is 18.5 Å². The average Bonchev–Trinajstić information content (AvgIpc) is 3.20. The molecule has 2 heterocycles. The molecule has 3 rings (SSSR count). The number of carbonyl (C=O) groups excluding carboxylic acids is 1. The first kappa shape index (κ1) is 17.6. The number of nitrogens with zero attached hydrogens (tertiary/aromatic N) is 5. The number of hydrogen-bond acceptors (Lipinski definition) is 6. The van der Waals surface area contributed by atoms with Gasteiger partial charge < -0.3 is 9.84 Å². The molecule has 0 fully saturated rings. The first-order valence-electron chi connectivity index (χ1n) is 8.34. The smallest absolute Gasteiger partial charge is 0.322 e. The quantitative estimate of drug-likeness (QED) is 0.703. The molecule has 2 N–H and O–H groups in total. The number of carbonyl (C=O) groups is 1. The van der Waals surface area contributed by atoms with Crippen molar-refractivity contribution in [3.63, 3.8) is 0 Å². The van der Waals surface area contributed by atoms with Crippen molar-refractivity contribution in [3.8, 4) is 0 Å². The van der Waals surface area contributed by atoms with Gasteiger partial charge in [-0.15, -0.1) is 5.10 Å². The van der Waals surface area contributed by atoms with Gasteiger partial charge in [0.2, 0.25) is 11.8 Å². The summed E-state index contributed by atoms with van der Waals surface area (Å²) in [7, 11) is 0. The fourth-order valence-electron chi connectivity index (χ4n) is 2.46. The minimum Gasteiger partial charge on any atom is -0.337 e. The number of rotatable bonds is 6. The Morgan fingerprint density at radius 3 is 2.69 bits per heavy atom. The number of aromatic nitrogens is 5. The standard InChI is InChI=1S/C17H21N7O2/c1-11(2)24-12(3)19-16(22-24)21-17(25)18-10-15-20-14(23-26-15)9-13-7-5-4-6-8-13/h4-8,11H,9-10H2,1-3H3,(H2,18,21,22,25). The van der Waals surface area contributed by atoms with Gasteiger partial charge in [-0.3, -0.25) is 5.32 Å². The molecule has 9 nitrogen and oxygen atoms in total. The molecule has 3 aromatic rings. The topological polar surface area (TPSA) is 111 Å². The number of nitrogens with one attached hydrogen (secondary N) is 2. The van der Waals surface area contributed by atoms with Crippen LogP contribution in [0.15, 0.2) is 34.9 Å². The van der Waals surface area contributed by atoms with Gasteiger partial charge in [-0.05, 0) is 26.3 Å². The molecule has 1 aromatic carbocycles. The summed E-state index contributed by atoms with van der Waals surface area (Å²) in [4.78, 5) is 20.4. The highest BCUT2D eigenvalue weighted by Gasteiger charge is 2.13. The van der Waals surface area contributed by atoms with Crippen LogP contribution in [0.1, 0.15) is 43.0 Å². The number of amides is 2. The molecule has 2 aromatic heterocycles. The molecule has 0 aliphatic carbocycles. The SMILES string of the molecule is Cc1nc(NC(=O)NCc2nc(Cc3ccccc3)no2)nn1C(C)C. The number of urea groups is 1. The summed E-state index contributed by atoms with van der Waals surface area (Å²) in [6, 6.07) is 9.59. The lowest BCUT2D eigenvalue weighted by molar-refractivity contribution is 0.249. The van der Waals surface area contributed by atoms with Gasteiger partial charge in [0.1, 0.15) is 5.82 Å². The van der Waals surface area contributed by atoms with Crippen LogP contribution in [-0.2, 0) is 13.0 Å². The van der Waals surface area contributed by atoms with Crippen LogP contribution in [0.5, 0.6) is 0 Å². The van der Waals surface area contributed by atoms with Gasteiger partial charge in [0.25, 0.3) is 0 Å². The van der Waals surface area contributed by atoms with E-state index >= 15 is 0 Å². The van der Waals surface area contributed by atoms with E-state index in [4.69, 9.17) is 4.52 Å². The Kier molecular flexibility index (Phi) is 5.26. The third-order valence-corrected chi connectivity index (χ3v) is 3.63. The summed E-state index contributed by atoms with van der Waals surface area (Å²) in [5.41, 5.74) is 1.09. The molecule has 0 bridgehead atoms. The van der Waals surface area contributed by atoms with Gasteiger partial charge in [-0.2, -0.15) is 9.97 Å². The predicted octanol–water partition coefficient (Wildman–Crippen LogP) is 2.46. The van der Waals surface area contributed by atoms with Crippen LogP contribution in [0.2, 0.25) is 0 Å². The summed E-state index contributed by atoms with van der Waals surface area (Å²) in [6.45, 7) is 5.95. The van der Waals surface area contributed by atoms with E-state index in [1.165, 1.54) is 0 Å². The molecule has 0 radical (unpaired) electrons. The molecular weight excluding hydrogens is 334 g/mol. The van der Waals surface area contributed by atoms with Crippen LogP contribution >= 0.6 is 0 Å². The molecule has 0 spiro atoms. The van der Waals surface area contributed by atoms with Crippen LogP contribution < -0.4 is 10.6 Å². The number of hydrogen-bond donors (Lipinski definition) is 2. The van der Waals surface area contributed by atoms with E-state index in [0.29, 0.717) is 18.1 Å². The first-order valence-corrected chi connectivity index (χ1v) is 8.34. The molecule has 0 saturated heterocycles. The highest BCUT2D eigenvalue weighted by atomic mass is 16.5. The summed E-state index contributed by atoms with van der Waals surface area (Å²) < 4.78 is 6.89. The van der Waals surface area contributed by atoms with Crippen LogP contribution in [0, 0.1) is 6.92 Å². The molecular formula is C17H21N7O2. The first-order chi connectivity index (χ1) is 12.5. The number of anilines is 1. The summed E-state index contributed by atoms with van der Waals surface area (Å²) >= 11 is 0. The molecule has 9 heteroatoms. The maximum atomic E-state index is 12.0. The lowest BCUT2D eigenvalue weighted by atomic mass is 10.1. The zero-order chi connectivity index (χ0) is 18.5. The zero-order valence-corrected chi connectivity index (χ0v) is 14.9. The third kappa shape index (κ3) is 4.44. The van der Waals surface area contributed by atoms with E-state index < -0.39 is 6.03 Å². The molecule has 0 aliphatic heterocycles. The molecule has 26 heavy (non-hydrogen) atoms. The van der Waals surface area contributed by atoms with Crippen LogP contribution in [0.25, 0.3) is 0 Å². The third-order valence-electron chi connectivity index (χ3n) is 3.63. The second-order valence-electron chi connectivity index (χ2n) is 6.10. The average molecular weight is 355 g/mol. The highest BCUT2D eigenvalue weighted by molar-refractivity contribution is 5.87. The van der Waals surface area contributed by atoms with Crippen molar-refractivity contribution in [3.05, 3.63) is 53.4 Å². The summed E-state index contributed by atoms with van der Waals surface area (Å²) in [5.74, 6) is 1.89. The van der Waals surface area contributed by atoms with E-state index in [9.17, 15) is 4.79 Å². The molecule has 0 saturated carbocycles. The minimum absolute atomic E-state index is 0.123. The van der Waals surface area contributed by atoms with Crippen LogP contribution in [0.4, 0.5) is 10.7 Å². The molecule has 2 amide bonds. The Morgan fingerprint density at radius 1 is 1.23 bits per heavy atom. The molecule has 0 aliphatic rings. The van der Waals surface area contributed by atoms with E-state index in [1.807, 2.05) is 51.1 Å². The van der Waals surface area contributed by atoms with Crippen molar-refractivity contribution < 1.29 is 9.32 Å². The van der Waals surface area contributed by atoms with E-state index in [0.717, 1.165) is 11.4 Å². The van der Waals surface area contributed by atoms with Crippen molar-refractivity contribution >= 4 is 12.0 Å². The van der Waals surface area contributed by atoms with Gasteiger partial charge in [-0.1, -0.05) is 35.5 Å². The highest BCUT2D eigenvalue weighted by Crippen LogP contribution is 2.09. The van der Waals surface area contributed by atoms with Crippen molar-refractivity contribution in [2.45, 2.75) is 39.8 Å². The number of benzene rings is 1. The van der Waals surface area contributed by atoms with Crippen molar-refractivity contribution in [2.24, 2.45) is 0 Å². The van der Waals surface area contributed by atoms with E-state index in [2.05, 4.69) is 30.9 Å². The maximum Gasteiger partial charge on any atom is 0.322 e. The summed E-state index contributed by atoms with van der Waals surface area (Å²) in [6.07, 6.45) is 0.576. The fourth-order valence-corrected chi connectivity index (χ4v) is 2.46. The van der Waals surface area contributed by atoms with Gasteiger partial charge in [0.15, 0.2) is 5.82 Å². The van der Waals surface area contributed by atoms with E-state index in [1.54, 1.807) is 4.68 Å². The molecule has 0 atom stereocenters. The Morgan fingerprint density at radius 2 is 2.00 bits per heavy atom. The Bertz CT molecular complexity index is 870. The van der Waals surface area contributed by atoms with Crippen LogP contribution in [-0.4, -0.2) is 30.9 Å². The Balaban J connectivity index is 1.51. The van der Waals surface area contributed by atoms with Gasteiger partial charge in [0.05, 0.1) is 6.54 Å². The van der Waals surface area contributed by atoms with Gasteiger partial charge in [0, 0.05) is 12.5 Å². The Hall–Kier alpha value is -3.23. The second-order valence-corrected chi connectivity index (χ2v) is 6.10. The minimum atomic E-state index is -0.436. The van der Waals surface area contributed by atoms with Crippen LogP contribution in [0.3, 0.4) is 0 Å².